The van der Waals surface area contributed by atoms with Crippen LogP contribution in [0.1, 0.15) is 438 Å². The number of phosphoric ester groups is 1. The first-order chi connectivity index (χ1) is 49.0. The van der Waals surface area contributed by atoms with Crippen molar-refractivity contribution in [3.05, 3.63) is 72.9 Å². The van der Waals surface area contributed by atoms with E-state index < -0.39 is 26.5 Å². The molecule has 0 rings (SSSR count). The number of carbonyl (C=O) groups excluding carboxylic acids is 2. The number of unbranched alkanes of at least 4 members (excludes halogenated alkanes) is 56. The van der Waals surface area contributed by atoms with E-state index in [2.05, 4.69) is 86.8 Å². The molecule has 100 heavy (non-hydrogen) atoms. The molecule has 0 amide bonds. The van der Waals surface area contributed by atoms with Gasteiger partial charge in [-0.25, -0.2) is 4.57 Å². The molecule has 0 heterocycles. The first-order valence-electron chi connectivity index (χ1n) is 43.7. The van der Waals surface area contributed by atoms with Gasteiger partial charge in [0.15, 0.2) is 6.10 Å². The molecule has 0 radical (unpaired) electrons. The molecule has 0 spiro atoms. The average molecular weight is 1420 g/mol. The van der Waals surface area contributed by atoms with E-state index in [-0.39, 0.29) is 25.6 Å². The molecule has 0 saturated carbocycles. The molecule has 0 bridgehead atoms. The summed E-state index contributed by atoms with van der Waals surface area (Å²) in [5.41, 5.74) is 0. The first-order valence-corrected chi connectivity index (χ1v) is 45.2. The van der Waals surface area contributed by atoms with Gasteiger partial charge in [0, 0.05) is 12.8 Å². The Balaban J connectivity index is 3.85. The molecule has 1 N–H and O–H groups in total. The molecular formula is C90H169NO8P+. The molecule has 0 aromatic heterocycles. The Morgan fingerprint density at radius 3 is 0.850 bits per heavy atom. The summed E-state index contributed by atoms with van der Waals surface area (Å²) in [6, 6.07) is 0. The van der Waals surface area contributed by atoms with Crippen LogP contribution in [0.5, 0.6) is 0 Å². The number of likely N-dealkylation sites (N-methyl/N-ethyl adjacent to an activating group) is 1. The normalized spacial score (nSPS) is 13.3. The number of rotatable bonds is 82. The van der Waals surface area contributed by atoms with Crippen LogP contribution < -0.4 is 0 Å². The standard InChI is InChI=1S/C90H168NO8P/c1-6-8-10-12-14-16-18-20-22-24-26-28-30-32-34-36-38-40-42-43-44-45-46-47-49-51-53-55-57-59-61-63-65-67-69-71-73-75-77-79-81-83-90(93)99-88(87-98-100(94,95)97-85-84-91(3,4)5)86-96-89(92)82-80-78-76-74-72-70-68-66-64-62-60-58-56-54-52-50-48-41-39-37-35-33-31-29-27-25-23-21-19-17-15-13-11-9-7-2/h8,10,14,16,19-22,25-28,88H,6-7,9,11-13,15,17-18,23-24,29-87H2,1-5H3/p+1/b10-8-,16-14-,21-19-,22-20-,27-25-,28-26-. The number of ether oxygens (including phenoxy) is 2. The number of hydrogen-bond donors (Lipinski definition) is 1. The van der Waals surface area contributed by atoms with E-state index in [9.17, 15) is 19.0 Å². The maximum absolute atomic E-state index is 12.9. The SMILES string of the molecule is CC/C=C\C/C=C\C/C=C\C/C=C\CCCCCCCCCCCCCCCCCCCCCCCCCCCCCCC(=O)OC(COC(=O)CCCCCCCCCCCCCCCCCCCCCCCCC/C=C\C/C=C\CCCCCCC)COP(=O)(O)OCC[N+](C)(C)C. The number of hydrogen-bond acceptors (Lipinski definition) is 7. The minimum atomic E-state index is -4.40. The number of quaternary nitrogens is 1. The van der Waals surface area contributed by atoms with Crippen LogP contribution in [-0.4, -0.2) is 74.9 Å². The maximum Gasteiger partial charge on any atom is 0.472 e. The van der Waals surface area contributed by atoms with E-state index in [0.29, 0.717) is 23.9 Å². The monoisotopic (exact) mass is 1420 g/mol. The Bertz CT molecular complexity index is 1920. The van der Waals surface area contributed by atoms with Crippen molar-refractivity contribution < 1.29 is 42.1 Å². The van der Waals surface area contributed by atoms with Crippen LogP contribution >= 0.6 is 7.82 Å². The van der Waals surface area contributed by atoms with Crippen LogP contribution in [-0.2, 0) is 32.7 Å². The van der Waals surface area contributed by atoms with E-state index in [0.717, 1.165) is 64.2 Å². The van der Waals surface area contributed by atoms with Gasteiger partial charge >= 0.3 is 19.8 Å². The van der Waals surface area contributed by atoms with Gasteiger partial charge in [0.05, 0.1) is 27.7 Å². The zero-order valence-electron chi connectivity index (χ0n) is 67.2. The lowest BCUT2D eigenvalue weighted by molar-refractivity contribution is -0.870. The van der Waals surface area contributed by atoms with Crippen LogP contribution in [0.2, 0.25) is 0 Å². The number of nitrogens with zero attached hydrogens (tertiary/aromatic N) is 1. The quantitative estimate of drug-likeness (QED) is 0.0211. The Kier molecular flexibility index (Phi) is 78.5. The van der Waals surface area contributed by atoms with Crippen molar-refractivity contribution >= 4 is 19.8 Å². The van der Waals surface area contributed by atoms with Crippen LogP contribution in [0.25, 0.3) is 0 Å². The number of esters is 2. The first kappa shape index (κ1) is 97.4. The lowest BCUT2D eigenvalue weighted by Gasteiger charge is -2.24. The van der Waals surface area contributed by atoms with E-state index in [1.807, 2.05) is 21.1 Å². The molecule has 0 aliphatic carbocycles. The summed E-state index contributed by atoms with van der Waals surface area (Å²) < 4.78 is 34.9. The summed E-state index contributed by atoms with van der Waals surface area (Å²) in [7, 11) is 1.50. The van der Waals surface area contributed by atoms with Gasteiger partial charge in [0.1, 0.15) is 19.8 Å². The molecule has 586 valence electrons. The zero-order chi connectivity index (χ0) is 72.5. The third-order valence-corrected chi connectivity index (χ3v) is 20.7. The predicted molar refractivity (Wildman–Crippen MR) is 436 cm³/mol. The zero-order valence-corrected chi connectivity index (χ0v) is 68.1. The minimum absolute atomic E-state index is 0.0344. The lowest BCUT2D eigenvalue weighted by atomic mass is 10.0. The van der Waals surface area contributed by atoms with Crippen LogP contribution in [0.3, 0.4) is 0 Å². The van der Waals surface area contributed by atoms with Crippen molar-refractivity contribution in [2.75, 3.05) is 47.5 Å². The smallest absolute Gasteiger partial charge is 0.462 e. The van der Waals surface area contributed by atoms with E-state index in [1.165, 1.54) is 340 Å². The molecule has 9 nitrogen and oxygen atoms in total. The fourth-order valence-electron chi connectivity index (χ4n) is 13.1. The van der Waals surface area contributed by atoms with Gasteiger partial charge in [-0.2, -0.15) is 0 Å². The van der Waals surface area contributed by atoms with Crippen molar-refractivity contribution in [1.29, 1.82) is 0 Å². The van der Waals surface area contributed by atoms with Crippen molar-refractivity contribution in [2.45, 2.75) is 444 Å². The molecule has 0 fully saturated rings. The second-order valence-electron chi connectivity index (χ2n) is 30.9. The predicted octanol–water partition coefficient (Wildman–Crippen LogP) is 29.4. The Morgan fingerprint density at radius 2 is 0.570 bits per heavy atom. The Hall–Kier alpha value is -2.55. The highest BCUT2D eigenvalue weighted by atomic mass is 31.2. The third kappa shape index (κ3) is 84.4. The van der Waals surface area contributed by atoms with Gasteiger partial charge < -0.3 is 18.9 Å². The van der Waals surface area contributed by atoms with E-state index >= 15 is 0 Å². The fourth-order valence-corrected chi connectivity index (χ4v) is 13.8. The maximum atomic E-state index is 12.9. The van der Waals surface area contributed by atoms with E-state index in [4.69, 9.17) is 18.5 Å². The van der Waals surface area contributed by atoms with Gasteiger partial charge in [0.25, 0.3) is 0 Å². The second-order valence-corrected chi connectivity index (χ2v) is 32.4. The van der Waals surface area contributed by atoms with Gasteiger partial charge in [-0.15, -0.1) is 0 Å². The lowest BCUT2D eigenvalue weighted by Crippen LogP contribution is -2.37. The molecule has 0 saturated heterocycles. The number of carbonyl (C=O) groups is 2. The van der Waals surface area contributed by atoms with Crippen LogP contribution in [0.4, 0.5) is 0 Å². The summed E-state index contributed by atoms with van der Waals surface area (Å²) in [5, 5.41) is 0. The third-order valence-electron chi connectivity index (χ3n) is 19.7. The highest BCUT2D eigenvalue weighted by Gasteiger charge is 2.27. The molecule has 2 atom stereocenters. The van der Waals surface area contributed by atoms with Crippen LogP contribution in [0, 0.1) is 0 Å². The second kappa shape index (κ2) is 80.5. The van der Waals surface area contributed by atoms with Gasteiger partial charge in [-0.3, -0.25) is 18.6 Å². The highest BCUT2D eigenvalue weighted by molar-refractivity contribution is 7.47. The molecular weight excluding hydrogens is 1250 g/mol. The van der Waals surface area contributed by atoms with Gasteiger partial charge in [-0.1, -0.05) is 414 Å². The van der Waals surface area contributed by atoms with Crippen molar-refractivity contribution in [3.63, 3.8) is 0 Å². The molecule has 0 aromatic carbocycles. The van der Waals surface area contributed by atoms with Crippen molar-refractivity contribution in [1.82, 2.24) is 0 Å². The summed E-state index contributed by atoms with van der Waals surface area (Å²) in [6.07, 6.45) is 111. The summed E-state index contributed by atoms with van der Waals surface area (Å²) in [5.74, 6) is -0.771. The fraction of sp³-hybridized carbons (Fsp3) is 0.844. The largest absolute Gasteiger partial charge is 0.472 e. The van der Waals surface area contributed by atoms with Crippen molar-refractivity contribution in [3.8, 4) is 0 Å². The molecule has 10 heteroatoms. The molecule has 2 unspecified atom stereocenters. The van der Waals surface area contributed by atoms with Gasteiger partial charge in [0.2, 0.25) is 0 Å². The van der Waals surface area contributed by atoms with Gasteiger partial charge in [-0.05, 0) is 83.5 Å². The number of phosphoric acid groups is 1. The Labute approximate surface area is 622 Å². The van der Waals surface area contributed by atoms with Crippen molar-refractivity contribution in [2.24, 2.45) is 0 Å². The molecule has 0 aliphatic heterocycles. The number of allylic oxidation sites excluding steroid dienone is 12. The average Bonchev–Trinajstić information content (AvgIpc) is 1.30. The molecule has 0 aromatic rings. The topological polar surface area (TPSA) is 108 Å². The molecule has 0 aliphatic rings. The summed E-state index contributed by atoms with van der Waals surface area (Å²) in [4.78, 5) is 36.0. The minimum Gasteiger partial charge on any atom is -0.462 e. The summed E-state index contributed by atoms with van der Waals surface area (Å²) >= 11 is 0. The Morgan fingerprint density at radius 1 is 0.320 bits per heavy atom. The summed E-state index contributed by atoms with van der Waals surface area (Å²) in [6.45, 7) is 4.39. The van der Waals surface area contributed by atoms with Crippen LogP contribution in [0.15, 0.2) is 72.9 Å². The highest BCUT2D eigenvalue weighted by Crippen LogP contribution is 2.43. The van der Waals surface area contributed by atoms with E-state index in [1.54, 1.807) is 0 Å².